The Morgan fingerprint density at radius 1 is 0.841 bits per heavy atom. The molecule has 0 spiro atoms. The van der Waals surface area contributed by atoms with Gasteiger partial charge in [0.1, 0.15) is 0 Å². The predicted molar refractivity (Wildman–Crippen MR) is 164 cm³/mol. The number of amides is 2. The second kappa shape index (κ2) is 13.7. The lowest BCUT2D eigenvalue weighted by Crippen LogP contribution is -2.20. The van der Waals surface area contributed by atoms with Crippen molar-refractivity contribution in [2.24, 2.45) is 0 Å². The SMILES string of the molecule is Cc1ccc(NC(=O)c2cccc(C(F)(F)F)c2)cc1C(=O)Nc1cnc(Nc2ccc(CCCN3CCCC3)cc2)nc1. The van der Waals surface area contributed by atoms with Crippen LogP contribution in [0.5, 0.6) is 0 Å². The summed E-state index contributed by atoms with van der Waals surface area (Å²) < 4.78 is 39.1. The molecule has 0 aliphatic carbocycles. The van der Waals surface area contributed by atoms with Gasteiger partial charge in [0.2, 0.25) is 5.95 Å². The van der Waals surface area contributed by atoms with Crippen LogP contribution in [0, 0.1) is 6.92 Å². The first kappa shape index (κ1) is 30.7. The number of carbonyl (C=O) groups is 2. The first-order valence-electron chi connectivity index (χ1n) is 14.4. The highest BCUT2D eigenvalue weighted by Crippen LogP contribution is 2.30. The predicted octanol–water partition coefficient (Wildman–Crippen LogP) is 7.08. The van der Waals surface area contributed by atoms with Gasteiger partial charge in [-0.1, -0.05) is 24.3 Å². The molecule has 1 saturated heterocycles. The number of anilines is 4. The molecule has 3 aromatic carbocycles. The van der Waals surface area contributed by atoms with Crippen LogP contribution < -0.4 is 16.0 Å². The minimum absolute atomic E-state index is 0.152. The van der Waals surface area contributed by atoms with Crippen LogP contribution in [0.15, 0.2) is 79.1 Å². The third-order valence-electron chi connectivity index (χ3n) is 7.45. The van der Waals surface area contributed by atoms with E-state index >= 15 is 0 Å². The molecule has 2 heterocycles. The van der Waals surface area contributed by atoms with E-state index in [1.165, 1.54) is 62.1 Å². The fourth-order valence-electron chi connectivity index (χ4n) is 5.04. The van der Waals surface area contributed by atoms with Crippen molar-refractivity contribution < 1.29 is 22.8 Å². The summed E-state index contributed by atoms with van der Waals surface area (Å²) >= 11 is 0. The molecule has 1 fully saturated rings. The van der Waals surface area contributed by atoms with Crippen LogP contribution >= 0.6 is 0 Å². The summed E-state index contributed by atoms with van der Waals surface area (Å²) in [6.07, 6.45) is 3.18. The fraction of sp³-hybridized carbons (Fsp3) is 0.273. The number of halogens is 3. The molecule has 0 bridgehead atoms. The normalized spacial score (nSPS) is 13.5. The minimum atomic E-state index is -4.57. The molecular weight excluding hydrogens is 569 g/mol. The highest BCUT2D eigenvalue weighted by molar-refractivity contribution is 6.08. The van der Waals surface area contributed by atoms with E-state index in [0.717, 1.165) is 37.2 Å². The summed E-state index contributed by atoms with van der Waals surface area (Å²) in [7, 11) is 0. The van der Waals surface area contributed by atoms with E-state index < -0.39 is 23.6 Å². The Labute approximate surface area is 253 Å². The summed E-state index contributed by atoms with van der Waals surface area (Å²) in [5.41, 5.74) is 2.60. The van der Waals surface area contributed by atoms with Gasteiger partial charge >= 0.3 is 6.18 Å². The largest absolute Gasteiger partial charge is 0.416 e. The van der Waals surface area contributed by atoms with Crippen molar-refractivity contribution >= 4 is 34.8 Å². The van der Waals surface area contributed by atoms with Gasteiger partial charge < -0.3 is 20.9 Å². The van der Waals surface area contributed by atoms with Crippen LogP contribution in [0.1, 0.15) is 56.7 Å². The minimum Gasteiger partial charge on any atom is -0.324 e. The molecule has 1 aliphatic rings. The summed E-state index contributed by atoms with van der Waals surface area (Å²) in [6, 6.07) is 17.0. The fourth-order valence-corrected chi connectivity index (χ4v) is 5.04. The number of hydrogen-bond acceptors (Lipinski definition) is 6. The zero-order valence-corrected chi connectivity index (χ0v) is 24.2. The van der Waals surface area contributed by atoms with Crippen LogP contribution in [-0.2, 0) is 12.6 Å². The molecule has 4 aromatic rings. The molecular formula is C33H33F3N6O2. The Hall–Kier alpha value is -4.77. The standard InChI is InChI=1S/C33H33F3N6O2/c1-22-9-12-27(39-30(43)24-7-4-8-25(18-24)33(34,35)36)19-29(22)31(44)40-28-20-37-32(38-21-28)41-26-13-10-23(11-14-26)6-5-17-42-15-2-3-16-42/h4,7-14,18-21H,2-3,5-6,15-17H2,1H3,(H,39,43)(H,40,44)(H,37,38,41). The molecule has 1 aliphatic heterocycles. The number of hydrogen-bond donors (Lipinski definition) is 3. The Morgan fingerprint density at radius 3 is 2.23 bits per heavy atom. The van der Waals surface area contributed by atoms with E-state index in [-0.39, 0.29) is 16.8 Å². The molecule has 1 aromatic heterocycles. The van der Waals surface area contributed by atoms with Gasteiger partial charge in [-0.3, -0.25) is 9.59 Å². The number of nitrogens with one attached hydrogen (secondary N) is 3. The van der Waals surface area contributed by atoms with Gasteiger partial charge in [0.15, 0.2) is 0 Å². The Bertz CT molecular complexity index is 1600. The van der Waals surface area contributed by atoms with Crippen molar-refractivity contribution in [1.29, 1.82) is 0 Å². The van der Waals surface area contributed by atoms with E-state index in [4.69, 9.17) is 0 Å². The highest BCUT2D eigenvalue weighted by atomic mass is 19.4. The van der Waals surface area contributed by atoms with Crippen LogP contribution in [0.25, 0.3) is 0 Å². The van der Waals surface area contributed by atoms with Crippen molar-refractivity contribution in [3.05, 3.63) is 107 Å². The molecule has 11 heteroatoms. The lowest BCUT2D eigenvalue weighted by molar-refractivity contribution is -0.137. The van der Waals surface area contributed by atoms with Crippen LogP contribution in [0.3, 0.4) is 0 Å². The quantitative estimate of drug-likeness (QED) is 0.179. The van der Waals surface area contributed by atoms with E-state index in [2.05, 4.69) is 43.0 Å². The van der Waals surface area contributed by atoms with Crippen molar-refractivity contribution in [3.8, 4) is 0 Å². The van der Waals surface area contributed by atoms with Gasteiger partial charge in [-0.25, -0.2) is 9.97 Å². The molecule has 0 saturated carbocycles. The van der Waals surface area contributed by atoms with Gasteiger partial charge in [-0.2, -0.15) is 13.2 Å². The molecule has 0 unspecified atom stereocenters. The topological polar surface area (TPSA) is 99.2 Å². The molecule has 0 radical (unpaired) electrons. The first-order valence-corrected chi connectivity index (χ1v) is 14.4. The molecule has 3 N–H and O–H groups in total. The van der Waals surface area contributed by atoms with Crippen molar-refractivity contribution in [3.63, 3.8) is 0 Å². The van der Waals surface area contributed by atoms with E-state index in [1.54, 1.807) is 19.1 Å². The highest BCUT2D eigenvalue weighted by Gasteiger charge is 2.31. The average Bonchev–Trinajstić information content (AvgIpc) is 3.53. The van der Waals surface area contributed by atoms with E-state index in [9.17, 15) is 22.8 Å². The van der Waals surface area contributed by atoms with Gasteiger partial charge in [0, 0.05) is 22.5 Å². The van der Waals surface area contributed by atoms with E-state index in [1.807, 2.05) is 12.1 Å². The molecule has 8 nitrogen and oxygen atoms in total. The summed E-state index contributed by atoms with van der Waals surface area (Å²) in [5, 5.41) is 8.46. The summed E-state index contributed by atoms with van der Waals surface area (Å²) in [4.78, 5) is 36.8. The van der Waals surface area contributed by atoms with Crippen molar-refractivity contribution in [1.82, 2.24) is 14.9 Å². The number of carbonyl (C=O) groups excluding carboxylic acids is 2. The number of alkyl halides is 3. The monoisotopic (exact) mass is 602 g/mol. The van der Waals surface area contributed by atoms with Crippen LogP contribution in [-0.4, -0.2) is 46.3 Å². The number of benzene rings is 3. The molecule has 44 heavy (non-hydrogen) atoms. The Balaban J connectivity index is 1.15. The lowest BCUT2D eigenvalue weighted by atomic mass is 10.1. The van der Waals surface area contributed by atoms with Crippen LogP contribution in [0.4, 0.5) is 36.2 Å². The van der Waals surface area contributed by atoms with E-state index in [0.29, 0.717) is 17.2 Å². The summed E-state index contributed by atoms with van der Waals surface area (Å²) in [6.45, 7) is 5.30. The zero-order chi connectivity index (χ0) is 31.1. The maximum Gasteiger partial charge on any atom is 0.416 e. The van der Waals surface area contributed by atoms with Gasteiger partial charge in [0.05, 0.1) is 23.6 Å². The third-order valence-corrected chi connectivity index (χ3v) is 7.45. The number of rotatable bonds is 10. The maximum atomic E-state index is 13.0. The second-order valence-electron chi connectivity index (χ2n) is 10.8. The summed E-state index contributed by atoms with van der Waals surface area (Å²) in [5.74, 6) is -0.808. The van der Waals surface area contributed by atoms with Gasteiger partial charge in [-0.15, -0.1) is 0 Å². The first-order chi connectivity index (χ1) is 21.1. The van der Waals surface area contributed by atoms with Gasteiger partial charge in [0.25, 0.3) is 11.8 Å². The van der Waals surface area contributed by atoms with Crippen molar-refractivity contribution in [2.75, 3.05) is 35.6 Å². The van der Waals surface area contributed by atoms with Gasteiger partial charge in [-0.05, 0) is 106 Å². The Morgan fingerprint density at radius 2 is 1.52 bits per heavy atom. The second-order valence-corrected chi connectivity index (χ2v) is 10.8. The smallest absolute Gasteiger partial charge is 0.324 e. The number of nitrogens with zero attached hydrogens (tertiary/aromatic N) is 3. The lowest BCUT2D eigenvalue weighted by Gasteiger charge is -2.14. The molecule has 0 atom stereocenters. The third kappa shape index (κ3) is 8.19. The van der Waals surface area contributed by atoms with Crippen LogP contribution in [0.2, 0.25) is 0 Å². The Kier molecular flexibility index (Phi) is 9.54. The molecule has 228 valence electrons. The molecule has 2 amide bonds. The average molecular weight is 603 g/mol. The number of aromatic nitrogens is 2. The molecule has 5 rings (SSSR count). The number of likely N-dealkylation sites (tertiary alicyclic amines) is 1. The zero-order valence-electron chi connectivity index (χ0n) is 24.2. The number of aryl methyl sites for hydroxylation is 2. The maximum absolute atomic E-state index is 13.0. The van der Waals surface area contributed by atoms with Crippen molar-refractivity contribution in [2.45, 2.75) is 38.8 Å².